The third-order valence-electron chi connectivity index (χ3n) is 4.24. The first-order valence-corrected chi connectivity index (χ1v) is 10.5. The van der Waals surface area contributed by atoms with E-state index in [-0.39, 0.29) is 5.91 Å². The molecule has 124 valence electrons. The summed E-state index contributed by atoms with van der Waals surface area (Å²) in [5.74, 6) is 2.37. The Labute approximate surface area is 145 Å². The van der Waals surface area contributed by atoms with Crippen molar-refractivity contribution in [3.05, 3.63) is 24.0 Å². The van der Waals surface area contributed by atoms with Crippen LogP contribution in [-0.4, -0.2) is 33.9 Å². The Morgan fingerprint density at radius 3 is 3.09 bits per heavy atom. The Morgan fingerprint density at radius 1 is 1.43 bits per heavy atom. The largest absolute Gasteiger partial charge is 0.342 e. The van der Waals surface area contributed by atoms with Crippen molar-refractivity contribution in [2.24, 2.45) is 0 Å². The van der Waals surface area contributed by atoms with Gasteiger partial charge in [-0.3, -0.25) is 4.79 Å². The first-order valence-electron chi connectivity index (χ1n) is 8.14. The lowest BCUT2D eigenvalue weighted by Crippen LogP contribution is -2.25. The average molecular weight is 350 g/mol. The average Bonchev–Trinajstić information content (AvgIpc) is 3.17. The molecule has 1 fully saturated rings. The third-order valence-corrected chi connectivity index (χ3v) is 7.25. The van der Waals surface area contributed by atoms with Crippen molar-refractivity contribution < 1.29 is 4.79 Å². The number of nitrogens with one attached hydrogen (secondary N) is 1. The number of anilines is 1. The number of hydrogen-bond acceptors (Lipinski definition) is 4. The topological polar surface area (TPSA) is 49.0 Å². The van der Waals surface area contributed by atoms with Crippen LogP contribution in [0.25, 0.3) is 11.0 Å². The number of benzene rings is 1. The summed E-state index contributed by atoms with van der Waals surface area (Å²) in [5.41, 5.74) is 2.85. The van der Waals surface area contributed by atoms with Crippen molar-refractivity contribution in [2.75, 3.05) is 17.7 Å². The molecule has 0 spiro atoms. The van der Waals surface area contributed by atoms with Crippen LogP contribution < -0.4 is 4.90 Å². The molecule has 0 aliphatic carbocycles. The minimum Gasteiger partial charge on any atom is -0.342 e. The first-order chi connectivity index (χ1) is 11.1. The van der Waals surface area contributed by atoms with E-state index in [1.807, 2.05) is 53.8 Å². The van der Waals surface area contributed by atoms with Crippen molar-refractivity contribution in [1.29, 1.82) is 0 Å². The number of hydrogen-bond donors (Lipinski definition) is 1. The predicted molar refractivity (Wildman–Crippen MR) is 101 cm³/mol. The second-order valence-corrected chi connectivity index (χ2v) is 8.84. The molecule has 1 N–H and O–H groups in total. The van der Waals surface area contributed by atoms with Crippen LogP contribution in [-0.2, 0) is 4.79 Å². The van der Waals surface area contributed by atoms with Gasteiger partial charge in [0.1, 0.15) is 5.82 Å². The monoisotopic (exact) mass is 349 g/mol. The van der Waals surface area contributed by atoms with Crippen LogP contribution in [0.2, 0.25) is 0 Å². The lowest BCUT2D eigenvalue weighted by atomic mass is 10.1. The maximum Gasteiger partial charge on any atom is 0.226 e. The molecule has 1 amide bonds. The van der Waals surface area contributed by atoms with Crippen LogP contribution >= 0.6 is 21.6 Å². The van der Waals surface area contributed by atoms with Gasteiger partial charge in [0.25, 0.3) is 0 Å². The summed E-state index contributed by atoms with van der Waals surface area (Å²) in [6.45, 7) is 1.94. The van der Waals surface area contributed by atoms with Gasteiger partial charge >= 0.3 is 0 Å². The molecule has 1 saturated heterocycles. The molecule has 6 heteroatoms. The SMILES string of the molecule is Cc1nc2ccc(N(C)C(=O)CCCC[C@H]3CCSS3)cc2[nH]1. The number of aryl methyl sites for hydroxylation is 1. The highest BCUT2D eigenvalue weighted by Crippen LogP contribution is 2.39. The van der Waals surface area contributed by atoms with E-state index >= 15 is 0 Å². The Kier molecular flexibility index (Phi) is 5.54. The number of amides is 1. The van der Waals surface area contributed by atoms with Gasteiger partial charge in [-0.15, -0.1) is 0 Å². The standard InChI is InChI=1S/C17H23N3OS2/c1-12-18-15-8-7-13(11-16(15)19-12)20(2)17(21)6-4-3-5-14-9-10-22-23-14/h7-8,11,14H,3-6,9-10H2,1-2H3,(H,18,19)/t14-/m0/s1. The molecule has 23 heavy (non-hydrogen) atoms. The number of carbonyl (C=O) groups is 1. The normalized spacial score (nSPS) is 17.7. The van der Waals surface area contributed by atoms with E-state index in [4.69, 9.17) is 0 Å². The highest BCUT2D eigenvalue weighted by molar-refractivity contribution is 8.77. The number of unbranched alkanes of at least 4 members (excludes halogenated alkanes) is 1. The summed E-state index contributed by atoms with van der Waals surface area (Å²) in [6.07, 6.45) is 5.33. The van der Waals surface area contributed by atoms with E-state index in [2.05, 4.69) is 9.97 Å². The van der Waals surface area contributed by atoms with E-state index in [9.17, 15) is 4.79 Å². The number of H-pyrrole nitrogens is 1. The predicted octanol–water partition coefficient (Wildman–Crippen LogP) is 4.55. The zero-order valence-electron chi connectivity index (χ0n) is 13.7. The van der Waals surface area contributed by atoms with Crippen LogP contribution in [0.5, 0.6) is 0 Å². The van der Waals surface area contributed by atoms with Gasteiger partial charge in [-0.05, 0) is 44.4 Å². The van der Waals surface area contributed by atoms with Crippen molar-refractivity contribution >= 4 is 44.2 Å². The summed E-state index contributed by atoms with van der Waals surface area (Å²) in [4.78, 5) is 21.7. The molecule has 0 unspecified atom stereocenters. The van der Waals surface area contributed by atoms with E-state index in [0.29, 0.717) is 6.42 Å². The summed E-state index contributed by atoms with van der Waals surface area (Å²) in [7, 11) is 5.86. The Balaban J connectivity index is 1.51. The van der Waals surface area contributed by atoms with Gasteiger partial charge in [0, 0.05) is 30.2 Å². The summed E-state index contributed by atoms with van der Waals surface area (Å²) in [6, 6.07) is 5.93. The van der Waals surface area contributed by atoms with E-state index in [1.54, 1.807) is 4.90 Å². The van der Waals surface area contributed by atoms with Crippen molar-refractivity contribution in [2.45, 2.75) is 44.3 Å². The number of aromatic amines is 1. The van der Waals surface area contributed by atoms with Crippen LogP contribution in [0.4, 0.5) is 5.69 Å². The summed E-state index contributed by atoms with van der Waals surface area (Å²) in [5, 5.41) is 0.804. The van der Waals surface area contributed by atoms with Crippen molar-refractivity contribution in [3.63, 3.8) is 0 Å². The molecule has 3 rings (SSSR count). The molecule has 0 radical (unpaired) electrons. The zero-order valence-corrected chi connectivity index (χ0v) is 15.3. The molecular formula is C17H23N3OS2. The number of rotatable bonds is 6. The van der Waals surface area contributed by atoms with Gasteiger partial charge < -0.3 is 9.88 Å². The Morgan fingerprint density at radius 2 is 2.30 bits per heavy atom. The van der Waals surface area contributed by atoms with Gasteiger partial charge in [-0.25, -0.2) is 4.98 Å². The van der Waals surface area contributed by atoms with Gasteiger partial charge in [-0.2, -0.15) is 0 Å². The van der Waals surface area contributed by atoms with Crippen LogP contribution in [0, 0.1) is 6.92 Å². The molecule has 1 aromatic carbocycles. The van der Waals surface area contributed by atoms with E-state index < -0.39 is 0 Å². The van der Waals surface area contributed by atoms with Gasteiger partial charge in [0.2, 0.25) is 5.91 Å². The Hall–Kier alpha value is -1.14. The first kappa shape index (κ1) is 16.7. The maximum atomic E-state index is 12.4. The maximum absolute atomic E-state index is 12.4. The fourth-order valence-electron chi connectivity index (χ4n) is 2.86. The fraction of sp³-hybridized carbons (Fsp3) is 0.529. The van der Waals surface area contributed by atoms with Crippen LogP contribution in [0.3, 0.4) is 0 Å². The second-order valence-electron chi connectivity index (χ2n) is 6.05. The number of imidazole rings is 1. The smallest absolute Gasteiger partial charge is 0.226 e. The van der Waals surface area contributed by atoms with Crippen LogP contribution in [0.15, 0.2) is 18.2 Å². The second kappa shape index (κ2) is 7.62. The quantitative estimate of drug-likeness (QED) is 0.614. The number of fused-ring (bicyclic) bond motifs is 1. The zero-order chi connectivity index (χ0) is 16.2. The van der Waals surface area contributed by atoms with Crippen molar-refractivity contribution in [1.82, 2.24) is 9.97 Å². The summed E-state index contributed by atoms with van der Waals surface area (Å²) >= 11 is 0. The highest BCUT2D eigenvalue weighted by Gasteiger charge is 2.17. The summed E-state index contributed by atoms with van der Waals surface area (Å²) < 4.78 is 0. The minimum atomic E-state index is 0.189. The molecule has 1 aromatic heterocycles. The molecule has 4 nitrogen and oxygen atoms in total. The molecule has 2 heterocycles. The van der Waals surface area contributed by atoms with Gasteiger partial charge in [0.05, 0.1) is 11.0 Å². The number of nitrogens with zero attached hydrogens (tertiary/aromatic N) is 2. The van der Waals surface area contributed by atoms with E-state index in [0.717, 1.165) is 40.6 Å². The highest BCUT2D eigenvalue weighted by atomic mass is 33.1. The molecule has 0 saturated carbocycles. The molecule has 1 aliphatic heterocycles. The third kappa shape index (κ3) is 4.23. The van der Waals surface area contributed by atoms with Crippen molar-refractivity contribution in [3.8, 4) is 0 Å². The van der Waals surface area contributed by atoms with E-state index in [1.165, 1.54) is 18.6 Å². The lowest BCUT2D eigenvalue weighted by Gasteiger charge is -2.17. The molecule has 2 aromatic rings. The molecule has 1 atom stereocenters. The molecule has 1 aliphatic rings. The Bertz CT molecular complexity index is 680. The molecule has 0 bridgehead atoms. The van der Waals surface area contributed by atoms with Crippen LogP contribution in [0.1, 0.15) is 37.9 Å². The number of carbonyl (C=O) groups excluding carboxylic acids is 1. The fourth-order valence-corrected chi connectivity index (χ4v) is 5.89. The molecular weight excluding hydrogens is 326 g/mol. The number of aromatic nitrogens is 2. The minimum absolute atomic E-state index is 0.189. The van der Waals surface area contributed by atoms with Gasteiger partial charge in [0.15, 0.2) is 0 Å². The van der Waals surface area contributed by atoms with Gasteiger partial charge in [-0.1, -0.05) is 28.0 Å². The lowest BCUT2D eigenvalue weighted by molar-refractivity contribution is -0.118.